The highest BCUT2D eigenvalue weighted by Gasteiger charge is 2.36. The van der Waals surface area contributed by atoms with Gasteiger partial charge in [0.2, 0.25) is 5.91 Å². The highest BCUT2D eigenvalue weighted by atomic mass is 19.4. The summed E-state index contributed by atoms with van der Waals surface area (Å²) >= 11 is 0. The Labute approximate surface area is 213 Å². The number of para-hydroxylation sites is 2. The molecule has 5 rings (SSSR count). The Kier molecular flexibility index (Phi) is 6.91. The minimum atomic E-state index is -4.46. The van der Waals surface area contributed by atoms with Gasteiger partial charge in [0.15, 0.2) is 0 Å². The van der Waals surface area contributed by atoms with Gasteiger partial charge in [0.1, 0.15) is 11.6 Å². The van der Waals surface area contributed by atoms with Gasteiger partial charge in [-0.05, 0) is 62.2 Å². The monoisotopic (exact) mass is 507 g/mol. The maximum Gasteiger partial charge on any atom is 0.416 e. The van der Waals surface area contributed by atoms with Gasteiger partial charge in [0.05, 0.1) is 23.2 Å². The molecule has 0 spiro atoms. The van der Waals surface area contributed by atoms with E-state index in [-0.39, 0.29) is 23.9 Å². The predicted molar refractivity (Wildman–Crippen MR) is 137 cm³/mol. The van der Waals surface area contributed by atoms with E-state index in [2.05, 4.69) is 4.57 Å². The lowest BCUT2D eigenvalue weighted by Gasteiger charge is -2.19. The van der Waals surface area contributed by atoms with Crippen molar-refractivity contribution >= 4 is 22.6 Å². The number of halogens is 3. The highest BCUT2D eigenvalue weighted by Crippen LogP contribution is 2.36. The number of ether oxygens (including phenoxy) is 1. The number of aryl methyl sites for hydroxylation is 2. The first-order chi connectivity index (χ1) is 17.8. The largest absolute Gasteiger partial charge is 0.494 e. The molecule has 1 aliphatic rings. The van der Waals surface area contributed by atoms with Gasteiger partial charge in [-0.25, -0.2) is 4.98 Å². The van der Waals surface area contributed by atoms with Crippen LogP contribution in [0.25, 0.3) is 11.0 Å². The zero-order valence-electron chi connectivity index (χ0n) is 20.5. The van der Waals surface area contributed by atoms with E-state index < -0.39 is 11.7 Å². The van der Waals surface area contributed by atoms with E-state index in [4.69, 9.17) is 9.72 Å². The lowest BCUT2D eigenvalue weighted by atomic mass is 10.1. The van der Waals surface area contributed by atoms with Crippen molar-refractivity contribution in [3.05, 3.63) is 89.7 Å². The Hall–Kier alpha value is -3.81. The summed E-state index contributed by atoms with van der Waals surface area (Å²) in [5.41, 5.74) is 2.52. The molecule has 1 saturated heterocycles. The molecule has 2 heterocycles. The molecule has 1 amide bonds. The van der Waals surface area contributed by atoms with Crippen LogP contribution in [0.2, 0.25) is 0 Å². The number of aromatic nitrogens is 2. The number of anilines is 1. The molecule has 5 nitrogen and oxygen atoms in total. The molecule has 1 atom stereocenters. The van der Waals surface area contributed by atoms with E-state index in [1.165, 1.54) is 16.5 Å². The molecule has 192 valence electrons. The highest BCUT2D eigenvalue weighted by molar-refractivity contribution is 5.96. The third kappa shape index (κ3) is 5.48. The summed E-state index contributed by atoms with van der Waals surface area (Å²) < 4.78 is 47.7. The molecule has 1 aliphatic heterocycles. The van der Waals surface area contributed by atoms with E-state index in [0.717, 1.165) is 47.6 Å². The van der Waals surface area contributed by atoms with Crippen molar-refractivity contribution in [1.82, 2.24) is 9.55 Å². The maximum atomic E-state index is 13.2. The Morgan fingerprint density at radius 3 is 2.57 bits per heavy atom. The normalized spacial score (nSPS) is 16.1. The third-order valence-electron chi connectivity index (χ3n) is 6.73. The summed E-state index contributed by atoms with van der Waals surface area (Å²) in [4.78, 5) is 19.2. The Balaban J connectivity index is 1.30. The van der Waals surface area contributed by atoms with Crippen LogP contribution in [-0.2, 0) is 17.5 Å². The Morgan fingerprint density at radius 2 is 1.78 bits per heavy atom. The van der Waals surface area contributed by atoms with Crippen LogP contribution in [0.15, 0.2) is 72.8 Å². The fourth-order valence-electron chi connectivity index (χ4n) is 4.82. The minimum Gasteiger partial charge on any atom is -0.494 e. The van der Waals surface area contributed by atoms with Gasteiger partial charge in [-0.3, -0.25) is 4.79 Å². The summed E-state index contributed by atoms with van der Waals surface area (Å²) in [6.45, 7) is 3.63. The summed E-state index contributed by atoms with van der Waals surface area (Å²) in [6, 6.07) is 20.7. The van der Waals surface area contributed by atoms with Crippen LogP contribution >= 0.6 is 0 Å². The second-order valence-corrected chi connectivity index (χ2v) is 9.43. The molecule has 0 aliphatic carbocycles. The zero-order valence-corrected chi connectivity index (χ0v) is 20.5. The number of alkyl halides is 3. The molecule has 0 N–H and O–H groups in total. The summed E-state index contributed by atoms with van der Waals surface area (Å²) in [5.74, 6) is 1.23. The predicted octanol–water partition coefficient (Wildman–Crippen LogP) is 6.74. The van der Waals surface area contributed by atoms with Gasteiger partial charge >= 0.3 is 6.18 Å². The topological polar surface area (TPSA) is 47.4 Å². The van der Waals surface area contributed by atoms with E-state index in [1.807, 2.05) is 55.5 Å². The lowest BCUT2D eigenvalue weighted by molar-refractivity contribution is -0.137. The van der Waals surface area contributed by atoms with Gasteiger partial charge in [0.25, 0.3) is 0 Å². The molecule has 0 saturated carbocycles. The third-order valence-corrected chi connectivity index (χ3v) is 6.73. The van der Waals surface area contributed by atoms with E-state index >= 15 is 0 Å². The van der Waals surface area contributed by atoms with Crippen molar-refractivity contribution in [1.29, 1.82) is 0 Å². The summed E-state index contributed by atoms with van der Waals surface area (Å²) in [7, 11) is 0. The van der Waals surface area contributed by atoms with Crippen LogP contribution in [0.4, 0.5) is 18.9 Å². The maximum absolute atomic E-state index is 13.2. The van der Waals surface area contributed by atoms with Crippen LogP contribution < -0.4 is 9.64 Å². The number of carbonyl (C=O) groups excluding carboxylic acids is 1. The van der Waals surface area contributed by atoms with E-state index in [9.17, 15) is 18.0 Å². The molecule has 1 fully saturated rings. The van der Waals surface area contributed by atoms with Crippen molar-refractivity contribution < 1.29 is 22.7 Å². The SMILES string of the molecule is Cc1ccc(OCCCCn2c([C@H]3CC(=O)N(c4cccc(C(F)(F)F)c4)C3)nc3ccccc32)cc1. The summed E-state index contributed by atoms with van der Waals surface area (Å²) in [6.07, 6.45) is -2.55. The number of benzene rings is 3. The zero-order chi connectivity index (χ0) is 26.0. The van der Waals surface area contributed by atoms with E-state index in [0.29, 0.717) is 19.7 Å². The molecule has 1 aromatic heterocycles. The number of unbranched alkanes of at least 4 members (excludes halogenated alkanes) is 1. The molecular formula is C29H28F3N3O2. The van der Waals surface area contributed by atoms with Crippen LogP contribution in [-0.4, -0.2) is 28.6 Å². The molecule has 8 heteroatoms. The molecule has 37 heavy (non-hydrogen) atoms. The van der Waals surface area contributed by atoms with Crippen LogP contribution in [0.1, 0.15) is 42.1 Å². The second-order valence-electron chi connectivity index (χ2n) is 9.43. The first-order valence-electron chi connectivity index (χ1n) is 12.4. The quantitative estimate of drug-likeness (QED) is 0.248. The number of imidazole rings is 1. The molecule has 0 radical (unpaired) electrons. The molecule has 0 bridgehead atoms. The van der Waals surface area contributed by atoms with Gasteiger partial charge in [-0.2, -0.15) is 13.2 Å². The summed E-state index contributed by atoms with van der Waals surface area (Å²) in [5, 5.41) is 0. The first-order valence-corrected chi connectivity index (χ1v) is 12.4. The van der Waals surface area contributed by atoms with Gasteiger partial charge in [-0.15, -0.1) is 0 Å². The Morgan fingerprint density at radius 1 is 1.00 bits per heavy atom. The van der Waals surface area contributed by atoms with Crippen molar-refractivity contribution in [2.45, 2.75) is 44.8 Å². The Bertz CT molecular complexity index is 1400. The fraction of sp³-hybridized carbons (Fsp3) is 0.310. The number of fused-ring (bicyclic) bond motifs is 1. The van der Waals surface area contributed by atoms with Crippen molar-refractivity contribution in [2.75, 3.05) is 18.1 Å². The molecule has 0 unspecified atom stereocenters. The van der Waals surface area contributed by atoms with E-state index in [1.54, 1.807) is 6.07 Å². The number of hydrogen-bond acceptors (Lipinski definition) is 3. The van der Waals surface area contributed by atoms with Crippen LogP contribution in [0, 0.1) is 6.92 Å². The van der Waals surface area contributed by atoms with Gasteiger partial charge in [-0.1, -0.05) is 35.9 Å². The van der Waals surface area contributed by atoms with Crippen molar-refractivity contribution in [3.63, 3.8) is 0 Å². The number of nitrogens with zero attached hydrogens (tertiary/aromatic N) is 3. The van der Waals surface area contributed by atoms with Crippen molar-refractivity contribution in [2.24, 2.45) is 0 Å². The fourth-order valence-corrected chi connectivity index (χ4v) is 4.82. The first kappa shape index (κ1) is 24.9. The van der Waals surface area contributed by atoms with Crippen LogP contribution in [0.5, 0.6) is 5.75 Å². The lowest BCUT2D eigenvalue weighted by Crippen LogP contribution is -2.25. The smallest absolute Gasteiger partial charge is 0.416 e. The standard InChI is InChI=1S/C29H28F3N3O2/c1-20-11-13-24(14-12-20)37-16-5-4-15-34-26-10-3-2-9-25(26)33-28(34)21-17-27(36)35(19-21)23-8-6-7-22(18-23)29(30,31)32/h2-3,6-14,18,21H,4-5,15-17,19H2,1H3/t21-/m0/s1. The van der Waals surface area contributed by atoms with Gasteiger partial charge in [0, 0.05) is 31.1 Å². The molecule has 3 aromatic carbocycles. The van der Waals surface area contributed by atoms with Crippen molar-refractivity contribution in [3.8, 4) is 5.75 Å². The minimum absolute atomic E-state index is 0.200. The number of rotatable bonds is 8. The second kappa shape index (κ2) is 10.3. The average molecular weight is 508 g/mol. The average Bonchev–Trinajstić information content (AvgIpc) is 3.45. The number of hydrogen-bond donors (Lipinski definition) is 0. The van der Waals surface area contributed by atoms with Gasteiger partial charge < -0.3 is 14.2 Å². The molecular weight excluding hydrogens is 479 g/mol. The van der Waals surface area contributed by atoms with Crippen LogP contribution in [0.3, 0.4) is 0 Å². The number of amides is 1. The number of carbonyl (C=O) groups is 1. The molecule has 4 aromatic rings.